The van der Waals surface area contributed by atoms with Gasteiger partial charge >= 0.3 is 0 Å². The van der Waals surface area contributed by atoms with Crippen LogP contribution in [0.2, 0.25) is 5.02 Å². The minimum atomic E-state index is -0.314. The third-order valence-electron chi connectivity index (χ3n) is 3.96. The second-order valence-corrected chi connectivity index (χ2v) is 5.91. The molecule has 1 saturated heterocycles. The molecule has 1 fully saturated rings. The highest BCUT2D eigenvalue weighted by atomic mass is 35.5. The topological polar surface area (TPSA) is 61.4 Å². The Labute approximate surface area is 136 Å². The van der Waals surface area contributed by atoms with Crippen molar-refractivity contribution in [1.29, 1.82) is 0 Å². The van der Waals surface area contributed by atoms with Gasteiger partial charge in [0.25, 0.3) is 0 Å². The zero-order valence-corrected chi connectivity index (χ0v) is 13.7. The maximum Gasteiger partial charge on any atom is 0.242 e. The molecule has 22 heavy (non-hydrogen) atoms. The van der Waals surface area contributed by atoms with Gasteiger partial charge in [-0.15, -0.1) is 0 Å². The summed E-state index contributed by atoms with van der Waals surface area (Å²) in [5, 5.41) is 6.52. The molecule has 0 saturated carbocycles. The highest BCUT2D eigenvalue weighted by Gasteiger charge is 2.32. The predicted molar refractivity (Wildman–Crippen MR) is 88.1 cm³/mol. The summed E-state index contributed by atoms with van der Waals surface area (Å²) in [5.74, 6) is -0.0686. The predicted octanol–water partition coefficient (Wildman–Crippen LogP) is 2.19. The Morgan fingerprint density at radius 2 is 2.18 bits per heavy atom. The second kappa shape index (κ2) is 7.49. The summed E-state index contributed by atoms with van der Waals surface area (Å²) in [5.41, 5.74) is 1.92. The molecule has 1 heterocycles. The summed E-state index contributed by atoms with van der Waals surface area (Å²) in [6, 6.07) is 5.42. The van der Waals surface area contributed by atoms with Crippen LogP contribution >= 0.6 is 11.6 Å². The molecule has 1 unspecified atom stereocenters. The third kappa shape index (κ3) is 3.91. The number of likely N-dealkylation sites (tertiary alicyclic amines) is 1. The van der Waals surface area contributed by atoms with Gasteiger partial charge in [-0.1, -0.05) is 17.7 Å². The molecule has 2 amide bonds. The molecule has 0 radical (unpaired) electrons. The fraction of sp³-hybridized carbons (Fsp3) is 0.500. The molecule has 6 heteroatoms. The number of carbonyl (C=O) groups is 2. The van der Waals surface area contributed by atoms with E-state index in [2.05, 4.69) is 10.6 Å². The number of likely N-dealkylation sites (N-methyl/N-ethyl adjacent to an activating group) is 1. The molecule has 1 aliphatic rings. The van der Waals surface area contributed by atoms with Crippen LogP contribution in [0, 0.1) is 6.92 Å². The largest absolute Gasteiger partial charge is 0.384 e. The minimum absolute atomic E-state index is 0.0109. The Morgan fingerprint density at radius 1 is 1.41 bits per heavy atom. The van der Waals surface area contributed by atoms with E-state index >= 15 is 0 Å². The lowest BCUT2D eigenvalue weighted by Crippen LogP contribution is -2.45. The number of rotatable bonds is 5. The molecule has 120 valence electrons. The average molecular weight is 324 g/mol. The monoisotopic (exact) mass is 323 g/mol. The number of halogens is 1. The Bertz CT molecular complexity index is 562. The molecular formula is C16H22ClN3O2. The van der Waals surface area contributed by atoms with Gasteiger partial charge in [0.05, 0.1) is 0 Å². The van der Waals surface area contributed by atoms with Crippen molar-refractivity contribution >= 4 is 29.1 Å². The smallest absolute Gasteiger partial charge is 0.242 e. The summed E-state index contributed by atoms with van der Waals surface area (Å²) in [4.78, 5) is 25.7. The number of amides is 2. The van der Waals surface area contributed by atoms with Crippen LogP contribution in [0.5, 0.6) is 0 Å². The SMILES string of the molecule is CNC(=O)C1CCCN1C(=O)CCNc1ccc(C)c(Cl)c1. The Balaban J connectivity index is 1.84. The number of nitrogens with one attached hydrogen (secondary N) is 2. The molecule has 5 nitrogen and oxygen atoms in total. The van der Waals surface area contributed by atoms with Crippen LogP contribution in [0.4, 0.5) is 5.69 Å². The summed E-state index contributed by atoms with van der Waals surface area (Å²) in [6.45, 7) is 3.13. The van der Waals surface area contributed by atoms with Gasteiger partial charge < -0.3 is 15.5 Å². The maximum atomic E-state index is 12.3. The number of aryl methyl sites for hydroxylation is 1. The van der Waals surface area contributed by atoms with Crippen LogP contribution in [0.3, 0.4) is 0 Å². The molecule has 0 aliphatic carbocycles. The summed E-state index contributed by atoms with van der Waals surface area (Å²) < 4.78 is 0. The van der Waals surface area contributed by atoms with E-state index in [1.807, 2.05) is 25.1 Å². The van der Waals surface area contributed by atoms with Crippen LogP contribution in [0.1, 0.15) is 24.8 Å². The molecule has 0 bridgehead atoms. The Kier molecular flexibility index (Phi) is 5.66. The van der Waals surface area contributed by atoms with Crippen molar-refractivity contribution < 1.29 is 9.59 Å². The fourth-order valence-electron chi connectivity index (χ4n) is 2.66. The molecule has 1 aromatic carbocycles. The van der Waals surface area contributed by atoms with Crippen LogP contribution in [-0.2, 0) is 9.59 Å². The Hall–Kier alpha value is -1.75. The van der Waals surface area contributed by atoms with Gasteiger partial charge in [-0.25, -0.2) is 0 Å². The van der Waals surface area contributed by atoms with Crippen LogP contribution in [0.25, 0.3) is 0 Å². The van der Waals surface area contributed by atoms with Gasteiger partial charge in [0.15, 0.2) is 0 Å². The van der Waals surface area contributed by atoms with E-state index in [1.165, 1.54) is 0 Å². The summed E-state index contributed by atoms with van der Waals surface area (Å²) in [7, 11) is 1.60. The lowest BCUT2D eigenvalue weighted by Gasteiger charge is -2.23. The van der Waals surface area contributed by atoms with Crippen molar-refractivity contribution in [3.8, 4) is 0 Å². The van der Waals surface area contributed by atoms with Crippen molar-refractivity contribution in [2.75, 3.05) is 25.5 Å². The lowest BCUT2D eigenvalue weighted by molar-refractivity contribution is -0.138. The van der Waals surface area contributed by atoms with Gasteiger partial charge in [-0.2, -0.15) is 0 Å². The van der Waals surface area contributed by atoms with Gasteiger partial charge in [-0.3, -0.25) is 9.59 Å². The van der Waals surface area contributed by atoms with Crippen molar-refractivity contribution in [2.45, 2.75) is 32.2 Å². The molecule has 1 aromatic rings. The van der Waals surface area contributed by atoms with Gasteiger partial charge in [-0.05, 0) is 37.5 Å². The molecular weight excluding hydrogens is 302 g/mol. The fourth-order valence-corrected chi connectivity index (χ4v) is 2.85. The number of hydrogen-bond donors (Lipinski definition) is 2. The highest BCUT2D eigenvalue weighted by molar-refractivity contribution is 6.31. The average Bonchev–Trinajstić information content (AvgIpc) is 2.99. The lowest BCUT2D eigenvalue weighted by atomic mass is 10.2. The van der Waals surface area contributed by atoms with Gasteiger partial charge in [0.1, 0.15) is 6.04 Å². The first-order valence-corrected chi connectivity index (χ1v) is 7.92. The highest BCUT2D eigenvalue weighted by Crippen LogP contribution is 2.21. The number of nitrogens with zero attached hydrogens (tertiary/aromatic N) is 1. The van der Waals surface area contributed by atoms with Crippen molar-refractivity contribution in [2.24, 2.45) is 0 Å². The zero-order chi connectivity index (χ0) is 16.1. The second-order valence-electron chi connectivity index (χ2n) is 5.50. The van der Waals surface area contributed by atoms with Crippen molar-refractivity contribution in [1.82, 2.24) is 10.2 Å². The molecule has 2 N–H and O–H groups in total. The van der Waals surface area contributed by atoms with E-state index in [0.29, 0.717) is 24.5 Å². The van der Waals surface area contributed by atoms with E-state index in [9.17, 15) is 9.59 Å². The molecule has 1 atom stereocenters. The Morgan fingerprint density at radius 3 is 2.86 bits per heavy atom. The number of anilines is 1. The molecule has 1 aliphatic heterocycles. The number of hydrogen-bond acceptors (Lipinski definition) is 3. The number of carbonyl (C=O) groups excluding carboxylic acids is 2. The molecule has 0 aromatic heterocycles. The van der Waals surface area contributed by atoms with Crippen molar-refractivity contribution in [3.63, 3.8) is 0 Å². The molecule has 0 spiro atoms. The number of benzene rings is 1. The van der Waals surface area contributed by atoms with E-state index in [4.69, 9.17) is 11.6 Å². The summed E-state index contributed by atoms with van der Waals surface area (Å²) >= 11 is 6.07. The van der Waals surface area contributed by atoms with Crippen LogP contribution in [0.15, 0.2) is 18.2 Å². The minimum Gasteiger partial charge on any atom is -0.384 e. The third-order valence-corrected chi connectivity index (χ3v) is 4.37. The van der Waals surface area contributed by atoms with Crippen LogP contribution < -0.4 is 10.6 Å². The van der Waals surface area contributed by atoms with Crippen LogP contribution in [-0.4, -0.2) is 42.9 Å². The van der Waals surface area contributed by atoms with Gasteiger partial charge in [0.2, 0.25) is 11.8 Å². The molecule has 2 rings (SSSR count). The summed E-state index contributed by atoms with van der Waals surface area (Å²) in [6.07, 6.45) is 1.98. The van der Waals surface area contributed by atoms with E-state index in [1.54, 1.807) is 11.9 Å². The van der Waals surface area contributed by atoms with Crippen molar-refractivity contribution in [3.05, 3.63) is 28.8 Å². The van der Waals surface area contributed by atoms with E-state index < -0.39 is 0 Å². The first kappa shape index (κ1) is 16.6. The van der Waals surface area contributed by atoms with E-state index in [0.717, 1.165) is 24.1 Å². The first-order chi connectivity index (χ1) is 10.5. The zero-order valence-electron chi connectivity index (χ0n) is 13.0. The van der Waals surface area contributed by atoms with E-state index in [-0.39, 0.29) is 17.9 Å². The standard InChI is InChI=1S/C16H22ClN3O2/c1-11-5-6-12(10-13(11)17)19-8-7-15(21)20-9-3-4-14(20)16(22)18-2/h5-6,10,14,19H,3-4,7-9H2,1-2H3,(H,18,22). The normalized spacial score (nSPS) is 17.4. The van der Waals surface area contributed by atoms with Gasteiger partial charge in [0, 0.05) is 37.3 Å². The quantitative estimate of drug-likeness (QED) is 0.873. The maximum absolute atomic E-state index is 12.3. The first-order valence-electron chi connectivity index (χ1n) is 7.54.